The van der Waals surface area contributed by atoms with E-state index < -0.39 is 6.04 Å². The number of benzene rings is 1. The van der Waals surface area contributed by atoms with Crippen LogP contribution in [-0.4, -0.2) is 12.5 Å². The van der Waals surface area contributed by atoms with Crippen molar-refractivity contribution in [3.05, 3.63) is 23.8 Å². The number of hydrogen-bond acceptors (Lipinski definition) is 3. The van der Waals surface area contributed by atoms with Crippen molar-refractivity contribution in [2.24, 2.45) is 11.7 Å². The first-order chi connectivity index (χ1) is 8.74. The molecule has 0 spiro atoms. The number of hydrogen-bond donors (Lipinski definition) is 2. The molecule has 0 radical (unpaired) electrons. The number of carbonyl (C=O) groups excluding carboxylic acids is 1. The van der Waals surface area contributed by atoms with E-state index in [0.29, 0.717) is 5.92 Å². The highest BCUT2D eigenvalue weighted by Gasteiger charge is 2.27. The van der Waals surface area contributed by atoms with Crippen LogP contribution in [0.4, 0.5) is 5.69 Å². The SMILES string of the molecule is NC1C(=O)Nc2cc(OCC3CCCC3)ccc21. The minimum atomic E-state index is -0.538. The van der Waals surface area contributed by atoms with Crippen LogP contribution < -0.4 is 15.8 Å². The second-order valence-electron chi connectivity index (χ2n) is 5.18. The van der Waals surface area contributed by atoms with Crippen molar-refractivity contribution >= 4 is 11.6 Å². The lowest BCUT2D eigenvalue weighted by Crippen LogP contribution is -2.19. The van der Waals surface area contributed by atoms with Gasteiger partial charge in [-0.2, -0.15) is 0 Å². The summed E-state index contributed by atoms with van der Waals surface area (Å²) in [5.74, 6) is 1.36. The number of amides is 1. The van der Waals surface area contributed by atoms with Crippen LogP contribution in [0.25, 0.3) is 0 Å². The first kappa shape index (κ1) is 11.5. The zero-order valence-corrected chi connectivity index (χ0v) is 10.3. The zero-order chi connectivity index (χ0) is 12.5. The number of nitrogens with one attached hydrogen (secondary N) is 1. The Kier molecular flexibility index (Phi) is 2.96. The summed E-state index contributed by atoms with van der Waals surface area (Å²) in [5, 5.41) is 2.77. The molecule has 4 heteroatoms. The Balaban J connectivity index is 1.67. The monoisotopic (exact) mass is 246 g/mol. The van der Waals surface area contributed by atoms with Crippen molar-refractivity contribution in [3.8, 4) is 5.75 Å². The van der Waals surface area contributed by atoms with Crippen LogP contribution in [0.15, 0.2) is 18.2 Å². The number of fused-ring (bicyclic) bond motifs is 1. The topological polar surface area (TPSA) is 64.4 Å². The number of carbonyl (C=O) groups is 1. The normalized spacial score (nSPS) is 22.9. The fourth-order valence-electron chi connectivity index (χ4n) is 2.75. The van der Waals surface area contributed by atoms with E-state index in [1.807, 2.05) is 18.2 Å². The predicted molar refractivity (Wildman–Crippen MR) is 69.5 cm³/mol. The Bertz CT molecular complexity index is 467. The van der Waals surface area contributed by atoms with Crippen LogP contribution in [0.3, 0.4) is 0 Å². The quantitative estimate of drug-likeness (QED) is 0.859. The summed E-state index contributed by atoms with van der Waals surface area (Å²) in [4.78, 5) is 11.4. The lowest BCUT2D eigenvalue weighted by molar-refractivity contribution is -0.116. The molecule has 0 bridgehead atoms. The van der Waals surface area contributed by atoms with E-state index in [9.17, 15) is 4.79 Å². The van der Waals surface area contributed by atoms with Crippen LogP contribution in [-0.2, 0) is 4.79 Å². The highest BCUT2D eigenvalue weighted by molar-refractivity contribution is 6.02. The average molecular weight is 246 g/mol. The number of anilines is 1. The summed E-state index contributed by atoms with van der Waals surface area (Å²) >= 11 is 0. The lowest BCUT2D eigenvalue weighted by Gasteiger charge is -2.12. The van der Waals surface area contributed by atoms with Crippen molar-refractivity contribution in [2.75, 3.05) is 11.9 Å². The Morgan fingerprint density at radius 1 is 1.33 bits per heavy atom. The maximum absolute atomic E-state index is 11.4. The first-order valence-corrected chi connectivity index (χ1v) is 6.57. The molecule has 96 valence electrons. The Labute approximate surface area is 107 Å². The molecule has 1 fully saturated rings. The van der Waals surface area contributed by atoms with Gasteiger partial charge in [0.25, 0.3) is 0 Å². The minimum absolute atomic E-state index is 0.141. The lowest BCUT2D eigenvalue weighted by atomic mass is 10.1. The van der Waals surface area contributed by atoms with Gasteiger partial charge in [0.2, 0.25) is 5.91 Å². The predicted octanol–water partition coefficient (Wildman–Crippen LogP) is 2.21. The standard InChI is InChI=1S/C14H18N2O2/c15-13-11-6-5-10(7-12(11)16-14(13)17)18-8-9-3-1-2-4-9/h5-7,9,13H,1-4,8,15H2,(H,16,17). The van der Waals surface area contributed by atoms with Gasteiger partial charge < -0.3 is 15.8 Å². The van der Waals surface area contributed by atoms with Crippen molar-refractivity contribution < 1.29 is 9.53 Å². The van der Waals surface area contributed by atoms with Gasteiger partial charge in [-0.05, 0) is 24.8 Å². The molecule has 1 saturated carbocycles. The first-order valence-electron chi connectivity index (χ1n) is 6.57. The summed E-state index contributed by atoms with van der Waals surface area (Å²) < 4.78 is 5.79. The van der Waals surface area contributed by atoms with Crippen LogP contribution in [0, 0.1) is 5.92 Å². The maximum Gasteiger partial charge on any atom is 0.245 e. The maximum atomic E-state index is 11.4. The third-order valence-corrected chi connectivity index (χ3v) is 3.86. The fraction of sp³-hybridized carbons (Fsp3) is 0.500. The number of nitrogens with two attached hydrogens (primary N) is 1. The van der Waals surface area contributed by atoms with Gasteiger partial charge in [-0.15, -0.1) is 0 Å². The smallest absolute Gasteiger partial charge is 0.245 e. The van der Waals surface area contributed by atoms with Gasteiger partial charge in [-0.1, -0.05) is 18.9 Å². The molecule has 1 aromatic rings. The summed E-state index contributed by atoms with van der Waals surface area (Å²) in [7, 11) is 0. The van der Waals surface area contributed by atoms with Crippen LogP contribution in [0.5, 0.6) is 5.75 Å². The third-order valence-electron chi connectivity index (χ3n) is 3.86. The number of ether oxygens (including phenoxy) is 1. The summed E-state index contributed by atoms with van der Waals surface area (Å²) in [6, 6.07) is 5.11. The molecule has 0 saturated heterocycles. The molecule has 1 heterocycles. The van der Waals surface area contributed by atoms with Crippen molar-refractivity contribution in [1.29, 1.82) is 0 Å². The van der Waals surface area contributed by atoms with Crippen LogP contribution >= 0.6 is 0 Å². The molecule has 1 aromatic carbocycles. The molecular weight excluding hydrogens is 228 g/mol. The minimum Gasteiger partial charge on any atom is -0.493 e. The summed E-state index contributed by atoms with van der Waals surface area (Å²) in [6.45, 7) is 0.777. The van der Waals surface area contributed by atoms with Crippen molar-refractivity contribution in [1.82, 2.24) is 0 Å². The Morgan fingerprint density at radius 3 is 2.89 bits per heavy atom. The third kappa shape index (κ3) is 2.08. The van der Waals surface area contributed by atoms with Crippen LogP contribution in [0.2, 0.25) is 0 Å². The van der Waals surface area contributed by atoms with Gasteiger partial charge >= 0.3 is 0 Å². The van der Waals surface area contributed by atoms with Crippen molar-refractivity contribution in [3.63, 3.8) is 0 Å². The zero-order valence-electron chi connectivity index (χ0n) is 10.3. The second-order valence-corrected chi connectivity index (χ2v) is 5.18. The summed E-state index contributed by atoms with van der Waals surface area (Å²) in [5.41, 5.74) is 7.40. The molecule has 1 atom stereocenters. The number of rotatable bonds is 3. The molecule has 0 aromatic heterocycles. The van der Waals surface area contributed by atoms with E-state index in [4.69, 9.17) is 10.5 Å². The molecule has 1 aliphatic carbocycles. The van der Waals surface area contributed by atoms with Gasteiger partial charge in [-0.25, -0.2) is 0 Å². The van der Waals surface area contributed by atoms with E-state index in [0.717, 1.165) is 23.6 Å². The van der Waals surface area contributed by atoms with Gasteiger partial charge in [0, 0.05) is 17.3 Å². The summed E-state index contributed by atoms with van der Waals surface area (Å²) in [6.07, 6.45) is 5.19. The molecule has 1 amide bonds. The molecular formula is C14H18N2O2. The van der Waals surface area contributed by atoms with Gasteiger partial charge in [0.15, 0.2) is 0 Å². The highest BCUT2D eigenvalue weighted by atomic mass is 16.5. The van der Waals surface area contributed by atoms with Gasteiger partial charge in [0.05, 0.1) is 6.61 Å². The Hall–Kier alpha value is -1.55. The fourth-order valence-corrected chi connectivity index (χ4v) is 2.75. The molecule has 18 heavy (non-hydrogen) atoms. The molecule has 4 nitrogen and oxygen atoms in total. The highest BCUT2D eigenvalue weighted by Crippen LogP contribution is 2.33. The Morgan fingerprint density at radius 2 is 2.11 bits per heavy atom. The van der Waals surface area contributed by atoms with Gasteiger partial charge in [-0.3, -0.25) is 4.79 Å². The molecule has 3 N–H and O–H groups in total. The molecule has 3 rings (SSSR count). The van der Waals surface area contributed by atoms with E-state index in [2.05, 4.69) is 5.32 Å². The average Bonchev–Trinajstić information content (AvgIpc) is 2.97. The second kappa shape index (κ2) is 4.61. The van der Waals surface area contributed by atoms with E-state index in [-0.39, 0.29) is 5.91 Å². The van der Waals surface area contributed by atoms with Crippen molar-refractivity contribution in [2.45, 2.75) is 31.7 Å². The molecule has 1 unspecified atom stereocenters. The molecule has 2 aliphatic rings. The van der Waals surface area contributed by atoms with Gasteiger partial charge in [0.1, 0.15) is 11.8 Å². The van der Waals surface area contributed by atoms with E-state index in [1.165, 1.54) is 25.7 Å². The largest absolute Gasteiger partial charge is 0.493 e. The molecule has 1 aliphatic heterocycles. The van der Waals surface area contributed by atoms with Crippen LogP contribution in [0.1, 0.15) is 37.3 Å². The van der Waals surface area contributed by atoms with E-state index in [1.54, 1.807) is 0 Å². The van der Waals surface area contributed by atoms with E-state index >= 15 is 0 Å².